The van der Waals surface area contributed by atoms with Crippen molar-refractivity contribution in [3.63, 3.8) is 0 Å². The highest BCUT2D eigenvalue weighted by molar-refractivity contribution is 6.06. The molecule has 2 aromatic carbocycles. The van der Waals surface area contributed by atoms with E-state index in [4.69, 9.17) is 0 Å². The number of carbonyl (C=O) groups is 1. The largest absolute Gasteiger partial charge is 0.507 e. The number of carbonyl (C=O) groups excluding carboxylic acids is 1. The van der Waals surface area contributed by atoms with Gasteiger partial charge in [-0.25, -0.2) is 0 Å². The van der Waals surface area contributed by atoms with Crippen molar-refractivity contribution >= 4 is 11.6 Å². The third-order valence-corrected chi connectivity index (χ3v) is 3.16. The van der Waals surface area contributed by atoms with Gasteiger partial charge < -0.3 is 15.2 Å². The number of aryl methyl sites for hydroxylation is 1. The second-order valence-corrected chi connectivity index (χ2v) is 4.89. The Hall–Kier alpha value is -2.70. The number of aromatic hydroxyl groups is 1. The normalized spacial score (nSPS) is 11.2. The molecule has 7 heteroatoms. The Balaban J connectivity index is 2.33. The van der Waals surface area contributed by atoms with Crippen molar-refractivity contribution in [2.45, 2.75) is 13.1 Å². The SMILES string of the molecule is COc1ccc(NC(=O)c2cc(C)ccc2O)cc1C(F)(F)F. The Morgan fingerprint density at radius 1 is 1.17 bits per heavy atom. The van der Waals surface area contributed by atoms with Crippen LogP contribution in [0.3, 0.4) is 0 Å². The highest BCUT2D eigenvalue weighted by Crippen LogP contribution is 2.37. The summed E-state index contributed by atoms with van der Waals surface area (Å²) >= 11 is 0. The smallest absolute Gasteiger partial charge is 0.420 e. The molecular weight excluding hydrogens is 311 g/mol. The predicted molar refractivity (Wildman–Crippen MR) is 78.8 cm³/mol. The molecule has 2 rings (SSSR count). The van der Waals surface area contributed by atoms with Crippen LogP contribution in [-0.2, 0) is 6.18 Å². The predicted octanol–water partition coefficient (Wildman–Crippen LogP) is 3.98. The van der Waals surface area contributed by atoms with Gasteiger partial charge in [-0.3, -0.25) is 4.79 Å². The molecule has 4 nitrogen and oxygen atoms in total. The van der Waals surface area contributed by atoms with E-state index in [1.54, 1.807) is 13.0 Å². The molecule has 2 aromatic rings. The molecule has 0 radical (unpaired) electrons. The monoisotopic (exact) mass is 325 g/mol. The molecule has 0 aliphatic carbocycles. The Kier molecular flexibility index (Phi) is 4.49. The van der Waals surface area contributed by atoms with Gasteiger partial charge in [-0.15, -0.1) is 0 Å². The maximum absolute atomic E-state index is 13.0. The van der Waals surface area contributed by atoms with Gasteiger partial charge in [0.15, 0.2) is 0 Å². The van der Waals surface area contributed by atoms with Gasteiger partial charge in [0.25, 0.3) is 5.91 Å². The fraction of sp³-hybridized carbons (Fsp3) is 0.188. The lowest BCUT2D eigenvalue weighted by atomic mass is 10.1. The molecule has 0 atom stereocenters. The zero-order valence-corrected chi connectivity index (χ0v) is 12.4. The molecule has 0 saturated heterocycles. The molecular formula is C16H14F3NO3. The van der Waals surface area contributed by atoms with Crippen molar-refractivity contribution in [3.05, 3.63) is 53.1 Å². The molecule has 0 bridgehead atoms. The van der Waals surface area contributed by atoms with Gasteiger partial charge in [0.2, 0.25) is 0 Å². The molecule has 1 amide bonds. The molecule has 122 valence electrons. The fourth-order valence-electron chi connectivity index (χ4n) is 2.04. The molecule has 0 fully saturated rings. The highest BCUT2D eigenvalue weighted by atomic mass is 19.4. The summed E-state index contributed by atoms with van der Waals surface area (Å²) in [5.74, 6) is -1.30. The molecule has 0 aliphatic heterocycles. The van der Waals surface area contributed by atoms with Crippen molar-refractivity contribution in [1.29, 1.82) is 0 Å². The van der Waals surface area contributed by atoms with E-state index in [0.29, 0.717) is 0 Å². The van der Waals surface area contributed by atoms with Crippen LogP contribution < -0.4 is 10.1 Å². The van der Waals surface area contributed by atoms with Crippen LogP contribution in [0, 0.1) is 6.92 Å². The minimum Gasteiger partial charge on any atom is -0.507 e. The zero-order valence-electron chi connectivity index (χ0n) is 12.4. The number of benzene rings is 2. The van der Waals surface area contributed by atoms with Crippen molar-refractivity contribution < 1.29 is 27.8 Å². The van der Waals surface area contributed by atoms with E-state index in [9.17, 15) is 23.1 Å². The third kappa shape index (κ3) is 3.74. The molecule has 0 spiro atoms. The summed E-state index contributed by atoms with van der Waals surface area (Å²) < 4.78 is 43.6. The van der Waals surface area contributed by atoms with Crippen molar-refractivity contribution in [2.24, 2.45) is 0 Å². The second kappa shape index (κ2) is 6.20. The standard InChI is InChI=1S/C16H14F3NO3/c1-9-3-5-13(21)11(7-9)15(22)20-10-4-6-14(23-2)12(8-10)16(17,18)19/h3-8,21H,1-2H3,(H,20,22). The summed E-state index contributed by atoms with van der Waals surface area (Å²) in [6, 6.07) is 7.59. The van der Waals surface area contributed by atoms with E-state index >= 15 is 0 Å². The number of phenolic OH excluding ortho intramolecular Hbond substituents is 1. The fourth-order valence-corrected chi connectivity index (χ4v) is 2.04. The number of nitrogens with one attached hydrogen (secondary N) is 1. The van der Waals surface area contributed by atoms with Crippen LogP contribution in [0.5, 0.6) is 11.5 Å². The number of anilines is 1. The quantitative estimate of drug-likeness (QED) is 0.897. The average Bonchev–Trinajstić information content (AvgIpc) is 2.48. The zero-order chi connectivity index (χ0) is 17.2. The van der Waals surface area contributed by atoms with Crippen LogP contribution in [-0.4, -0.2) is 18.1 Å². The lowest BCUT2D eigenvalue weighted by Gasteiger charge is -2.14. The lowest BCUT2D eigenvalue weighted by Crippen LogP contribution is -2.14. The number of hydrogen-bond acceptors (Lipinski definition) is 3. The number of alkyl halides is 3. The van der Waals surface area contributed by atoms with Crippen LogP contribution in [0.25, 0.3) is 0 Å². The first-order valence-corrected chi connectivity index (χ1v) is 6.58. The number of phenols is 1. The third-order valence-electron chi connectivity index (χ3n) is 3.16. The van der Waals surface area contributed by atoms with Gasteiger partial charge in [0, 0.05) is 5.69 Å². The number of amides is 1. The van der Waals surface area contributed by atoms with Gasteiger partial charge in [0.05, 0.1) is 18.2 Å². The van der Waals surface area contributed by atoms with E-state index in [2.05, 4.69) is 10.1 Å². The van der Waals surface area contributed by atoms with Gasteiger partial charge in [0.1, 0.15) is 11.5 Å². The van der Waals surface area contributed by atoms with Gasteiger partial charge >= 0.3 is 6.18 Å². The van der Waals surface area contributed by atoms with Crippen LogP contribution in [0.2, 0.25) is 0 Å². The maximum atomic E-state index is 13.0. The number of halogens is 3. The minimum absolute atomic E-state index is 0.0191. The Bertz CT molecular complexity index is 742. The lowest BCUT2D eigenvalue weighted by molar-refractivity contribution is -0.138. The molecule has 2 N–H and O–H groups in total. The van der Waals surface area contributed by atoms with E-state index in [1.807, 2.05) is 0 Å². The van der Waals surface area contributed by atoms with Crippen LogP contribution >= 0.6 is 0 Å². The van der Waals surface area contributed by atoms with E-state index in [-0.39, 0.29) is 22.7 Å². The molecule has 0 aliphatic rings. The summed E-state index contributed by atoms with van der Waals surface area (Å²) in [6.45, 7) is 1.73. The number of rotatable bonds is 3. The van der Waals surface area contributed by atoms with Crippen LogP contribution in [0.15, 0.2) is 36.4 Å². The summed E-state index contributed by atoms with van der Waals surface area (Å²) in [6.07, 6.45) is -4.61. The molecule has 0 saturated carbocycles. The number of hydrogen-bond donors (Lipinski definition) is 2. The van der Waals surface area contributed by atoms with E-state index in [0.717, 1.165) is 24.8 Å². The molecule has 23 heavy (non-hydrogen) atoms. The molecule has 0 aromatic heterocycles. The minimum atomic E-state index is -4.61. The first kappa shape index (κ1) is 16.7. The highest BCUT2D eigenvalue weighted by Gasteiger charge is 2.34. The van der Waals surface area contributed by atoms with Crippen molar-refractivity contribution in [1.82, 2.24) is 0 Å². The van der Waals surface area contributed by atoms with E-state index in [1.165, 1.54) is 18.2 Å². The first-order valence-electron chi connectivity index (χ1n) is 6.58. The molecule has 0 unspecified atom stereocenters. The Labute approximate surface area is 130 Å². The number of methoxy groups -OCH3 is 1. The summed E-state index contributed by atoms with van der Waals surface area (Å²) in [4.78, 5) is 12.1. The summed E-state index contributed by atoms with van der Waals surface area (Å²) in [5.41, 5.74) is -0.330. The first-order chi connectivity index (χ1) is 10.7. The van der Waals surface area contributed by atoms with Crippen molar-refractivity contribution in [3.8, 4) is 11.5 Å². The van der Waals surface area contributed by atoms with E-state index < -0.39 is 17.6 Å². The van der Waals surface area contributed by atoms with Crippen molar-refractivity contribution in [2.75, 3.05) is 12.4 Å². The second-order valence-electron chi connectivity index (χ2n) is 4.89. The Morgan fingerprint density at radius 3 is 2.48 bits per heavy atom. The molecule has 0 heterocycles. The van der Waals surface area contributed by atoms with Crippen LogP contribution in [0.1, 0.15) is 21.5 Å². The average molecular weight is 325 g/mol. The Morgan fingerprint density at radius 2 is 1.87 bits per heavy atom. The topological polar surface area (TPSA) is 58.6 Å². The summed E-state index contributed by atoms with van der Waals surface area (Å²) in [5, 5.41) is 12.0. The van der Waals surface area contributed by atoms with Gasteiger partial charge in [-0.1, -0.05) is 11.6 Å². The van der Waals surface area contributed by atoms with Crippen LogP contribution in [0.4, 0.5) is 18.9 Å². The van der Waals surface area contributed by atoms with Gasteiger partial charge in [-0.05, 0) is 37.3 Å². The van der Waals surface area contributed by atoms with Gasteiger partial charge in [-0.2, -0.15) is 13.2 Å². The maximum Gasteiger partial charge on any atom is 0.420 e. The number of ether oxygens (including phenoxy) is 1. The summed E-state index contributed by atoms with van der Waals surface area (Å²) in [7, 11) is 1.13.